The number of primary amides is 1. The van der Waals surface area contributed by atoms with Crippen molar-refractivity contribution >= 4 is 11.8 Å². The molecule has 0 aromatic heterocycles. The molecular formula is C13H15FN2O2. The molecule has 96 valence electrons. The summed E-state index contributed by atoms with van der Waals surface area (Å²) in [6, 6.07) is 5.15. The number of hydrogen-bond acceptors (Lipinski definition) is 2. The highest BCUT2D eigenvalue weighted by Crippen LogP contribution is 2.20. The van der Waals surface area contributed by atoms with Gasteiger partial charge in [-0.05, 0) is 31.4 Å². The average Bonchev–Trinajstić information content (AvgIpc) is 2.38. The number of carbonyl (C=O) groups excluding carboxylic acids is 2. The van der Waals surface area contributed by atoms with Crippen molar-refractivity contribution in [2.75, 3.05) is 6.54 Å². The van der Waals surface area contributed by atoms with Gasteiger partial charge in [-0.1, -0.05) is 12.1 Å². The van der Waals surface area contributed by atoms with E-state index in [4.69, 9.17) is 5.73 Å². The van der Waals surface area contributed by atoms with Crippen molar-refractivity contribution in [1.29, 1.82) is 0 Å². The molecule has 1 atom stereocenters. The summed E-state index contributed by atoms with van der Waals surface area (Å²) >= 11 is 0. The fraction of sp³-hybridized carbons (Fsp3) is 0.385. The molecule has 2 amide bonds. The minimum atomic E-state index is -0.620. The minimum Gasteiger partial charge on any atom is -0.368 e. The normalized spacial score (nSPS) is 19.6. The van der Waals surface area contributed by atoms with E-state index in [0.29, 0.717) is 13.0 Å². The minimum absolute atomic E-state index is 0.00866. The van der Waals surface area contributed by atoms with Crippen molar-refractivity contribution in [2.45, 2.75) is 25.3 Å². The van der Waals surface area contributed by atoms with Crippen molar-refractivity contribution in [1.82, 2.24) is 4.90 Å². The molecule has 0 radical (unpaired) electrons. The topological polar surface area (TPSA) is 63.4 Å². The second-order valence-electron chi connectivity index (χ2n) is 4.39. The third kappa shape index (κ3) is 2.34. The Balaban J connectivity index is 2.27. The Labute approximate surface area is 105 Å². The number of piperidine rings is 1. The van der Waals surface area contributed by atoms with Gasteiger partial charge in [0.05, 0.1) is 5.56 Å². The molecule has 1 aliphatic rings. The van der Waals surface area contributed by atoms with E-state index < -0.39 is 23.7 Å². The molecule has 18 heavy (non-hydrogen) atoms. The van der Waals surface area contributed by atoms with Gasteiger partial charge >= 0.3 is 0 Å². The van der Waals surface area contributed by atoms with E-state index in [1.165, 1.54) is 23.1 Å². The predicted octanol–water partition coefficient (Wildman–Crippen LogP) is 1.31. The summed E-state index contributed by atoms with van der Waals surface area (Å²) in [7, 11) is 0. The zero-order chi connectivity index (χ0) is 13.1. The van der Waals surface area contributed by atoms with Gasteiger partial charge in [0.15, 0.2) is 0 Å². The molecule has 2 rings (SSSR count). The average molecular weight is 250 g/mol. The zero-order valence-corrected chi connectivity index (χ0v) is 9.93. The van der Waals surface area contributed by atoms with Gasteiger partial charge < -0.3 is 10.6 Å². The second kappa shape index (κ2) is 5.16. The number of benzene rings is 1. The van der Waals surface area contributed by atoms with Crippen LogP contribution in [0.4, 0.5) is 4.39 Å². The van der Waals surface area contributed by atoms with Crippen LogP contribution in [0.2, 0.25) is 0 Å². The standard InChI is InChI=1S/C13H15FN2O2/c14-10-6-2-1-5-9(10)13(18)16-8-4-3-7-11(16)12(15)17/h1-2,5-6,11H,3-4,7-8H2,(H2,15,17). The predicted molar refractivity (Wildman–Crippen MR) is 64.3 cm³/mol. The highest BCUT2D eigenvalue weighted by Gasteiger charge is 2.32. The first-order chi connectivity index (χ1) is 8.61. The Morgan fingerprint density at radius 1 is 1.28 bits per heavy atom. The summed E-state index contributed by atoms with van der Waals surface area (Å²) in [4.78, 5) is 24.9. The van der Waals surface area contributed by atoms with Crippen LogP contribution < -0.4 is 5.73 Å². The lowest BCUT2D eigenvalue weighted by Gasteiger charge is -2.33. The molecule has 0 saturated carbocycles. The number of halogens is 1. The van der Waals surface area contributed by atoms with Gasteiger partial charge in [-0.2, -0.15) is 0 Å². The van der Waals surface area contributed by atoms with Crippen LogP contribution in [0, 0.1) is 5.82 Å². The van der Waals surface area contributed by atoms with E-state index in [9.17, 15) is 14.0 Å². The number of rotatable bonds is 2. The van der Waals surface area contributed by atoms with E-state index in [1.54, 1.807) is 6.07 Å². The van der Waals surface area contributed by atoms with Crippen molar-refractivity contribution < 1.29 is 14.0 Å². The van der Waals surface area contributed by atoms with Gasteiger partial charge in [-0.25, -0.2) is 4.39 Å². The quantitative estimate of drug-likeness (QED) is 0.860. The number of likely N-dealkylation sites (tertiary alicyclic amines) is 1. The number of nitrogens with two attached hydrogens (primary N) is 1. The number of hydrogen-bond donors (Lipinski definition) is 1. The Kier molecular flexibility index (Phi) is 3.60. The Morgan fingerprint density at radius 3 is 2.67 bits per heavy atom. The molecule has 1 aromatic rings. The number of amides is 2. The molecule has 0 bridgehead atoms. The summed E-state index contributed by atoms with van der Waals surface area (Å²) in [5, 5.41) is 0. The fourth-order valence-electron chi connectivity index (χ4n) is 2.26. The lowest BCUT2D eigenvalue weighted by molar-refractivity contribution is -0.123. The van der Waals surface area contributed by atoms with Gasteiger partial charge in [0.2, 0.25) is 5.91 Å². The molecule has 1 fully saturated rings. The van der Waals surface area contributed by atoms with E-state index in [1.807, 2.05) is 0 Å². The molecule has 0 aliphatic carbocycles. The number of nitrogens with zero attached hydrogens (tertiary/aromatic N) is 1. The third-order valence-corrected chi connectivity index (χ3v) is 3.20. The number of carbonyl (C=O) groups is 2. The maximum atomic E-state index is 13.6. The molecule has 1 unspecified atom stereocenters. The Morgan fingerprint density at radius 2 is 2.00 bits per heavy atom. The van der Waals surface area contributed by atoms with E-state index in [0.717, 1.165) is 12.8 Å². The molecule has 1 saturated heterocycles. The lowest BCUT2D eigenvalue weighted by Crippen LogP contribution is -2.50. The first kappa shape index (κ1) is 12.5. The Hall–Kier alpha value is -1.91. The highest BCUT2D eigenvalue weighted by molar-refractivity contribution is 5.97. The summed E-state index contributed by atoms with van der Waals surface area (Å²) in [6.07, 6.45) is 2.22. The molecule has 1 heterocycles. The smallest absolute Gasteiger partial charge is 0.257 e. The summed E-state index contributed by atoms with van der Waals surface area (Å²) < 4.78 is 13.6. The second-order valence-corrected chi connectivity index (χ2v) is 4.39. The van der Waals surface area contributed by atoms with Crippen molar-refractivity contribution in [3.05, 3.63) is 35.6 Å². The van der Waals surface area contributed by atoms with Gasteiger partial charge in [0, 0.05) is 6.54 Å². The fourth-order valence-corrected chi connectivity index (χ4v) is 2.26. The van der Waals surface area contributed by atoms with Crippen LogP contribution in [0.25, 0.3) is 0 Å². The Bertz CT molecular complexity index is 476. The monoisotopic (exact) mass is 250 g/mol. The van der Waals surface area contributed by atoms with E-state index in [2.05, 4.69) is 0 Å². The largest absolute Gasteiger partial charge is 0.368 e. The van der Waals surface area contributed by atoms with Crippen LogP contribution in [0.15, 0.2) is 24.3 Å². The highest BCUT2D eigenvalue weighted by atomic mass is 19.1. The van der Waals surface area contributed by atoms with Crippen molar-refractivity contribution in [2.24, 2.45) is 5.73 Å². The van der Waals surface area contributed by atoms with Crippen LogP contribution in [0.1, 0.15) is 29.6 Å². The van der Waals surface area contributed by atoms with Gasteiger partial charge in [0.1, 0.15) is 11.9 Å². The van der Waals surface area contributed by atoms with Crippen LogP contribution in [-0.4, -0.2) is 29.3 Å². The summed E-state index contributed by atoms with van der Waals surface area (Å²) in [6.45, 7) is 0.445. The van der Waals surface area contributed by atoms with E-state index >= 15 is 0 Å². The summed E-state index contributed by atoms with van der Waals surface area (Å²) in [5.41, 5.74) is 5.28. The maximum Gasteiger partial charge on any atom is 0.257 e. The molecule has 5 heteroatoms. The molecule has 0 spiro atoms. The first-order valence-electron chi connectivity index (χ1n) is 5.96. The third-order valence-electron chi connectivity index (χ3n) is 3.20. The lowest BCUT2D eigenvalue weighted by atomic mass is 10.00. The van der Waals surface area contributed by atoms with Gasteiger partial charge in [0.25, 0.3) is 5.91 Å². The molecular weight excluding hydrogens is 235 g/mol. The van der Waals surface area contributed by atoms with E-state index in [-0.39, 0.29) is 5.56 Å². The zero-order valence-electron chi connectivity index (χ0n) is 9.93. The summed E-state index contributed by atoms with van der Waals surface area (Å²) in [5.74, 6) is -1.56. The van der Waals surface area contributed by atoms with Crippen molar-refractivity contribution in [3.63, 3.8) is 0 Å². The molecule has 2 N–H and O–H groups in total. The van der Waals surface area contributed by atoms with Crippen LogP contribution in [0.3, 0.4) is 0 Å². The van der Waals surface area contributed by atoms with Gasteiger partial charge in [-0.15, -0.1) is 0 Å². The molecule has 4 nitrogen and oxygen atoms in total. The van der Waals surface area contributed by atoms with Gasteiger partial charge in [-0.3, -0.25) is 9.59 Å². The van der Waals surface area contributed by atoms with Crippen LogP contribution in [0.5, 0.6) is 0 Å². The first-order valence-corrected chi connectivity index (χ1v) is 5.96. The molecule has 1 aromatic carbocycles. The van der Waals surface area contributed by atoms with Crippen LogP contribution >= 0.6 is 0 Å². The maximum absolute atomic E-state index is 13.6. The molecule has 1 aliphatic heterocycles. The van der Waals surface area contributed by atoms with Crippen molar-refractivity contribution in [3.8, 4) is 0 Å². The van der Waals surface area contributed by atoms with Crippen LogP contribution in [-0.2, 0) is 4.79 Å². The SMILES string of the molecule is NC(=O)C1CCCCN1C(=O)c1ccccc1F.